The van der Waals surface area contributed by atoms with Gasteiger partial charge < -0.3 is 0 Å². The Morgan fingerprint density at radius 2 is 1.16 bits per heavy atom. The molecule has 2 bridgehead atoms. The van der Waals surface area contributed by atoms with Crippen LogP contribution in [0.4, 0.5) is 5.69 Å². The lowest BCUT2D eigenvalue weighted by Crippen LogP contribution is -2.56. The van der Waals surface area contributed by atoms with E-state index < -0.39 is 20.5 Å². The minimum absolute atomic E-state index is 0.204. The Hall–Kier alpha value is -1.95. The fourth-order valence-electron chi connectivity index (χ4n) is 5.74. The average Bonchev–Trinajstić information content (AvgIpc) is 3.05. The monoisotopic (exact) mass is 555 g/mol. The number of hydrogen-bond donors (Lipinski definition) is 0. The quantitative estimate of drug-likeness (QED) is 0.270. The molecule has 2 amide bonds. The number of amides is 2. The van der Waals surface area contributed by atoms with Crippen LogP contribution in [0.25, 0.3) is 0 Å². The number of halogens is 3. The SMILES string of the molecule is Cc1c(Cl)cccc1N1C(=O)[C@H]2[C@H](C1=O)C1(Br)c3ccccc3C2(Br)c2ccccc21. The minimum atomic E-state index is -0.783. The molecule has 0 saturated carbocycles. The molecule has 1 heterocycles. The highest BCUT2D eigenvalue weighted by Gasteiger charge is 2.72. The standard InChI is InChI=1S/C25H16Br2ClNO2/c1-13-18(28)11-6-12-19(13)29-22(30)20-21(23(29)31)25(27)15-8-3-2-7-14(15)24(20,26)16-9-4-5-10-17(16)25/h2-12,20-21H,1H3/t20-,21-,24?,25?/m1/s1. The Balaban J connectivity index is 1.67. The van der Waals surface area contributed by atoms with E-state index >= 15 is 0 Å². The predicted octanol–water partition coefficient (Wildman–Crippen LogP) is 6.06. The summed E-state index contributed by atoms with van der Waals surface area (Å²) in [5.74, 6) is -1.57. The summed E-state index contributed by atoms with van der Waals surface area (Å²) in [6, 6.07) is 21.5. The molecule has 1 saturated heterocycles. The first kappa shape index (κ1) is 19.7. The molecule has 3 aromatic carbocycles. The molecule has 0 unspecified atom stereocenters. The minimum Gasteiger partial charge on any atom is -0.274 e. The van der Waals surface area contributed by atoms with Gasteiger partial charge in [0.15, 0.2) is 0 Å². The van der Waals surface area contributed by atoms with Crippen LogP contribution in [0, 0.1) is 18.8 Å². The van der Waals surface area contributed by atoms with E-state index in [2.05, 4.69) is 56.1 Å². The normalized spacial score (nSPS) is 30.3. The highest BCUT2D eigenvalue weighted by atomic mass is 79.9. The molecule has 3 aromatic rings. The third kappa shape index (κ3) is 2.15. The van der Waals surface area contributed by atoms with Crippen LogP contribution in [0.5, 0.6) is 0 Å². The van der Waals surface area contributed by atoms with Crippen LogP contribution in [-0.2, 0) is 18.2 Å². The van der Waals surface area contributed by atoms with Gasteiger partial charge in [-0.3, -0.25) is 9.59 Å². The number of hydrogen-bond acceptors (Lipinski definition) is 2. The Morgan fingerprint density at radius 3 is 1.58 bits per heavy atom. The molecular weight excluding hydrogens is 542 g/mol. The van der Waals surface area contributed by atoms with E-state index in [0.29, 0.717) is 10.7 Å². The Kier molecular flexibility index (Phi) is 4.01. The van der Waals surface area contributed by atoms with Gasteiger partial charge in [-0.2, -0.15) is 0 Å². The number of nitrogens with zero attached hydrogens (tertiary/aromatic N) is 1. The smallest absolute Gasteiger partial charge is 0.239 e. The molecule has 3 aliphatic carbocycles. The van der Waals surface area contributed by atoms with Crippen molar-refractivity contribution in [2.75, 3.05) is 4.90 Å². The Labute approximate surface area is 201 Å². The zero-order chi connectivity index (χ0) is 21.7. The second kappa shape index (κ2) is 6.31. The summed E-state index contributed by atoms with van der Waals surface area (Å²) >= 11 is 14.4. The number of imide groups is 1. The molecule has 31 heavy (non-hydrogen) atoms. The van der Waals surface area contributed by atoms with Crippen molar-refractivity contribution >= 4 is 61.0 Å². The molecule has 1 aliphatic heterocycles. The number of carbonyl (C=O) groups excluding carboxylic acids is 2. The summed E-state index contributed by atoms with van der Waals surface area (Å²) in [6.07, 6.45) is 0. The van der Waals surface area contributed by atoms with Gasteiger partial charge in [0.05, 0.1) is 26.2 Å². The van der Waals surface area contributed by atoms with Gasteiger partial charge in [-0.15, -0.1) is 0 Å². The van der Waals surface area contributed by atoms with Crippen LogP contribution in [0.3, 0.4) is 0 Å². The lowest BCUT2D eigenvalue weighted by molar-refractivity contribution is -0.122. The molecule has 0 spiro atoms. The van der Waals surface area contributed by atoms with Crippen molar-refractivity contribution < 1.29 is 9.59 Å². The maximum atomic E-state index is 14.0. The van der Waals surface area contributed by atoms with Crippen LogP contribution >= 0.6 is 43.5 Å². The van der Waals surface area contributed by atoms with Crippen molar-refractivity contribution in [3.05, 3.63) is 99.6 Å². The van der Waals surface area contributed by atoms with Gasteiger partial charge in [-0.25, -0.2) is 4.90 Å². The maximum absolute atomic E-state index is 14.0. The molecule has 0 radical (unpaired) electrons. The van der Waals surface area contributed by atoms with Crippen molar-refractivity contribution in [3.8, 4) is 0 Å². The zero-order valence-electron chi connectivity index (χ0n) is 16.4. The number of benzene rings is 3. The topological polar surface area (TPSA) is 37.4 Å². The fourth-order valence-corrected chi connectivity index (χ4v) is 8.22. The maximum Gasteiger partial charge on any atom is 0.239 e. The number of carbonyl (C=O) groups is 2. The van der Waals surface area contributed by atoms with Crippen LogP contribution in [0.2, 0.25) is 5.02 Å². The molecule has 4 aliphatic rings. The highest BCUT2D eigenvalue weighted by Crippen LogP contribution is 2.70. The molecule has 7 rings (SSSR count). The van der Waals surface area contributed by atoms with E-state index in [4.69, 9.17) is 11.6 Å². The van der Waals surface area contributed by atoms with Gasteiger partial charge >= 0.3 is 0 Å². The Morgan fingerprint density at radius 1 is 0.742 bits per heavy atom. The van der Waals surface area contributed by atoms with Gasteiger partial charge in [-0.05, 0) is 46.9 Å². The molecule has 1 fully saturated rings. The lowest BCUT2D eigenvalue weighted by Gasteiger charge is -2.55. The first-order valence-corrected chi connectivity index (χ1v) is 12.0. The molecule has 2 atom stereocenters. The van der Waals surface area contributed by atoms with E-state index in [9.17, 15) is 9.59 Å². The third-order valence-corrected chi connectivity index (χ3v) is 10.2. The predicted molar refractivity (Wildman–Crippen MR) is 128 cm³/mol. The van der Waals surface area contributed by atoms with Gasteiger partial charge in [0.25, 0.3) is 0 Å². The van der Waals surface area contributed by atoms with Crippen molar-refractivity contribution in [1.29, 1.82) is 0 Å². The summed E-state index contributed by atoms with van der Waals surface area (Å²) in [7, 11) is 0. The van der Waals surface area contributed by atoms with Crippen LogP contribution in [0.15, 0.2) is 66.7 Å². The van der Waals surface area contributed by atoms with Gasteiger partial charge in [0.1, 0.15) is 0 Å². The second-order valence-corrected chi connectivity index (χ2v) is 11.3. The Bertz CT molecular complexity index is 1200. The number of alkyl halides is 2. The molecule has 0 N–H and O–H groups in total. The molecule has 0 aromatic heterocycles. The molecule has 6 heteroatoms. The van der Waals surface area contributed by atoms with E-state index in [1.54, 1.807) is 18.2 Å². The average molecular weight is 558 g/mol. The summed E-state index contributed by atoms with van der Waals surface area (Å²) < 4.78 is -1.57. The first-order chi connectivity index (χ1) is 14.8. The summed E-state index contributed by atoms with van der Waals surface area (Å²) in [6.45, 7) is 1.84. The van der Waals surface area contributed by atoms with E-state index in [1.165, 1.54) is 4.90 Å². The summed E-state index contributed by atoms with van der Waals surface area (Å²) in [5.41, 5.74) is 5.38. The molecule has 3 nitrogen and oxygen atoms in total. The fraction of sp³-hybridized carbons (Fsp3) is 0.200. The van der Waals surface area contributed by atoms with E-state index in [-0.39, 0.29) is 11.8 Å². The largest absolute Gasteiger partial charge is 0.274 e. The van der Waals surface area contributed by atoms with Gasteiger partial charge in [0, 0.05) is 5.02 Å². The highest BCUT2D eigenvalue weighted by molar-refractivity contribution is 9.10. The summed E-state index contributed by atoms with van der Waals surface area (Å²) in [5, 5.41) is 0.532. The van der Waals surface area contributed by atoms with Crippen LogP contribution in [0.1, 0.15) is 27.8 Å². The second-order valence-electron chi connectivity index (χ2n) is 8.37. The van der Waals surface area contributed by atoms with Crippen LogP contribution < -0.4 is 4.90 Å². The van der Waals surface area contributed by atoms with Crippen molar-refractivity contribution in [3.63, 3.8) is 0 Å². The third-order valence-electron chi connectivity index (χ3n) is 7.07. The van der Waals surface area contributed by atoms with Gasteiger partial charge in [-0.1, -0.05) is 98.1 Å². The van der Waals surface area contributed by atoms with E-state index in [1.807, 2.05) is 31.2 Å². The number of rotatable bonds is 1. The van der Waals surface area contributed by atoms with E-state index in [0.717, 1.165) is 27.8 Å². The van der Waals surface area contributed by atoms with Gasteiger partial charge in [0.2, 0.25) is 11.8 Å². The van der Waals surface area contributed by atoms with Crippen LogP contribution in [-0.4, -0.2) is 11.8 Å². The first-order valence-electron chi connectivity index (χ1n) is 10.0. The molecular formula is C25H16Br2ClNO2. The zero-order valence-corrected chi connectivity index (χ0v) is 20.3. The van der Waals surface area contributed by atoms with Crippen molar-refractivity contribution in [1.82, 2.24) is 0 Å². The van der Waals surface area contributed by atoms with Crippen molar-refractivity contribution in [2.45, 2.75) is 15.6 Å². The lowest BCUT2D eigenvalue weighted by atomic mass is 9.54. The summed E-state index contributed by atoms with van der Waals surface area (Å²) in [4.78, 5) is 29.3. The van der Waals surface area contributed by atoms with Crippen molar-refractivity contribution in [2.24, 2.45) is 11.8 Å². The number of anilines is 1. The molecule has 154 valence electrons.